The van der Waals surface area contributed by atoms with Gasteiger partial charge in [0.2, 0.25) is 5.89 Å². The molecule has 0 saturated carbocycles. The van der Waals surface area contributed by atoms with Crippen molar-refractivity contribution >= 4 is 28.6 Å². The number of pyridine rings is 1. The summed E-state index contributed by atoms with van der Waals surface area (Å²) in [5.74, 6) is 0.906. The van der Waals surface area contributed by atoms with Crippen LogP contribution in [0.25, 0.3) is 22.7 Å². The van der Waals surface area contributed by atoms with Crippen molar-refractivity contribution in [1.82, 2.24) is 19.7 Å². The number of aryl methyl sites for hydroxylation is 1. The Hall–Kier alpha value is -3.68. The zero-order chi connectivity index (χ0) is 17.2. The number of carbonyl (C=O) groups excluding carboxylic acids is 1. The molecular formula is C17H14N6O2. The molecule has 0 unspecified atom stereocenters. The summed E-state index contributed by atoms with van der Waals surface area (Å²) in [6.07, 6.45) is 3.43. The standard InChI is InChI=1S/C17H14N6O2/c1-23-9-7-15(22-23)21-17(24)19-11-5-6-12-14(10-11)25-16(20-12)13-4-2-3-8-18-13/h2-10H,1H3,(H2,19,21,22,24). The summed E-state index contributed by atoms with van der Waals surface area (Å²) in [4.78, 5) is 20.6. The molecule has 3 heterocycles. The molecular weight excluding hydrogens is 320 g/mol. The zero-order valence-corrected chi connectivity index (χ0v) is 13.3. The van der Waals surface area contributed by atoms with Crippen LogP contribution in [-0.4, -0.2) is 25.8 Å². The van der Waals surface area contributed by atoms with Gasteiger partial charge in [0.15, 0.2) is 11.4 Å². The summed E-state index contributed by atoms with van der Waals surface area (Å²) in [6, 6.07) is 12.1. The van der Waals surface area contributed by atoms with Crippen LogP contribution < -0.4 is 10.6 Å². The van der Waals surface area contributed by atoms with Gasteiger partial charge in [0, 0.05) is 37.3 Å². The number of hydrogen-bond acceptors (Lipinski definition) is 5. The molecule has 0 aliphatic rings. The number of fused-ring (bicyclic) bond motifs is 1. The molecule has 2 amide bonds. The summed E-state index contributed by atoms with van der Waals surface area (Å²) >= 11 is 0. The van der Waals surface area contributed by atoms with Gasteiger partial charge in [-0.3, -0.25) is 15.0 Å². The highest BCUT2D eigenvalue weighted by atomic mass is 16.3. The van der Waals surface area contributed by atoms with E-state index >= 15 is 0 Å². The van der Waals surface area contributed by atoms with Crippen LogP contribution in [0.4, 0.5) is 16.3 Å². The van der Waals surface area contributed by atoms with Gasteiger partial charge in [-0.1, -0.05) is 6.07 Å². The molecule has 0 aliphatic carbocycles. The number of amides is 2. The van der Waals surface area contributed by atoms with Gasteiger partial charge in [0.25, 0.3) is 0 Å². The van der Waals surface area contributed by atoms with Gasteiger partial charge in [-0.15, -0.1) is 0 Å². The molecule has 8 nitrogen and oxygen atoms in total. The quantitative estimate of drug-likeness (QED) is 0.599. The van der Waals surface area contributed by atoms with E-state index in [1.807, 2.05) is 18.2 Å². The van der Waals surface area contributed by atoms with Crippen LogP contribution in [0, 0.1) is 0 Å². The minimum atomic E-state index is -0.387. The molecule has 0 saturated heterocycles. The lowest BCUT2D eigenvalue weighted by atomic mass is 10.3. The third-order valence-corrected chi connectivity index (χ3v) is 3.49. The second kappa shape index (κ2) is 6.08. The molecule has 0 radical (unpaired) electrons. The molecule has 0 fully saturated rings. The number of anilines is 2. The summed E-state index contributed by atoms with van der Waals surface area (Å²) in [5, 5.41) is 9.48. The van der Waals surface area contributed by atoms with E-state index < -0.39 is 0 Å². The first-order valence-corrected chi connectivity index (χ1v) is 7.57. The minimum absolute atomic E-state index is 0.387. The van der Waals surface area contributed by atoms with Gasteiger partial charge in [0.1, 0.15) is 11.2 Å². The van der Waals surface area contributed by atoms with Crippen molar-refractivity contribution in [1.29, 1.82) is 0 Å². The molecule has 1 aromatic carbocycles. The van der Waals surface area contributed by atoms with E-state index in [4.69, 9.17) is 4.42 Å². The molecule has 4 aromatic rings. The van der Waals surface area contributed by atoms with Crippen molar-refractivity contribution < 1.29 is 9.21 Å². The van der Waals surface area contributed by atoms with E-state index in [0.717, 1.165) is 0 Å². The van der Waals surface area contributed by atoms with Gasteiger partial charge in [-0.25, -0.2) is 9.78 Å². The van der Waals surface area contributed by atoms with E-state index in [1.54, 1.807) is 48.4 Å². The van der Waals surface area contributed by atoms with E-state index in [1.165, 1.54) is 0 Å². The number of rotatable bonds is 3. The highest BCUT2D eigenvalue weighted by Gasteiger charge is 2.11. The van der Waals surface area contributed by atoms with Crippen molar-refractivity contribution in [3.05, 3.63) is 54.9 Å². The van der Waals surface area contributed by atoms with Gasteiger partial charge in [-0.2, -0.15) is 5.10 Å². The third kappa shape index (κ3) is 3.18. The Morgan fingerprint density at radius 2 is 2.08 bits per heavy atom. The molecule has 2 N–H and O–H groups in total. The predicted molar refractivity (Wildman–Crippen MR) is 93.1 cm³/mol. The van der Waals surface area contributed by atoms with E-state index in [0.29, 0.717) is 34.2 Å². The number of oxazole rings is 1. The molecule has 0 bridgehead atoms. The molecule has 25 heavy (non-hydrogen) atoms. The number of carbonyl (C=O) groups is 1. The van der Waals surface area contributed by atoms with Gasteiger partial charge in [-0.05, 0) is 24.3 Å². The number of benzene rings is 1. The van der Waals surface area contributed by atoms with E-state index in [2.05, 4.69) is 25.7 Å². The average molecular weight is 334 g/mol. The summed E-state index contributed by atoms with van der Waals surface area (Å²) in [5.41, 5.74) is 2.50. The lowest BCUT2D eigenvalue weighted by Gasteiger charge is -2.05. The lowest BCUT2D eigenvalue weighted by Crippen LogP contribution is -2.19. The first-order chi connectivity index (χ1) is 12.2. The number of nitrogens with one attached hydrogen (secondary N) is 2. The lowest BCUT2D eigenvalue weighted by molar-refractivity contribution is 0.262. The van der Waals surface area contributed by atoms with Crippen molar-refractivity contribution in [2.24, 2.45) is 7.05 Å². The molecule has 4 rings (SSSR count). The Morgan fingerprint density at radius 3 is 2.84 bits per heavy atom. The molecule has 3 aromatic heterocycles. The normalized spacial score (nSPS) is 10.8. The van der Waals surface area contributed by atoms with Crippen molar-refractivity contribution in [3.63, 3.8) is 0 Å². The SMILES string of the molecule is Cn1ccc(NC(=O)Nc2ccc3nc(-c4ccccn4)oc3c2)n1. The van der Waals surface area contributed by atoms with Crippen LogP contribution >= 0.6 is 0 Å². The fourth-order valence-electron chi connectivity index (χ4n) is 2.36. The monoisotopic (exact) mass is 334 g/mol. The second-order valence-corrected chi connectivity index (χ2v) is 5.37. The first-order valence-electron chi connectivity index (χ1n) is 7.57. The highest BCUT2D eigenvalue weighted by Crippen LogP contribution is 2.25. The maximum absolute atomic E-state index is 12.0. The molecule has 124 valence electrons. The van der Waals surface area contributed by atoms with Crippen LogP contribution in [0.5, 0.6) is 0 Å². The number of hydrogen-bond donors (Lipinski definition) is 2. The molecule has 0 spiro atoms. The fraction of sp³-hybridized carbons (Fsp3) is 0.0588. The predicted octanol–water partition coefficient (Wildman–Crippen LogP) is 3.27. The van der Waals surface area contributed by atoms with Gasteiger partial charge in [0.05, 0.1) is 0 Å². The Morgan fingerprint density at radius 1 is 1.16 bits per heavy atom. The average Bonchev–Trinajstić information content (AvgIpc) is 3.21. The van der Waals surface area contributed by atoms with Crippen LogP contribution in [-0.2, 0) is 7.05 Å². The molecule has 0 aliphatic heterocycles. The van der Waals surface area contributed by atoms with Crippen LogP contribution in [0.1, 0.15) is 0 Å². The minimum Gasteiger partial charge on any atom is -0.435 e. The summed E-state index contributed by atoms with van der Waals surface area (Å²) in [6.45, 7) is 0. The topological polar surface area (TPSA) is 97.9 Å². The summed E-state index contributed by atoms with van der Waals surface area (Å²) < 4.78 is 7.34. The van der Waals surface area contributed by atoms with E-state index in [-0.39, 0.29) is 6.03 Å². The number of nitrogens with zero attached hydrogens (tertiary/aromatic N) is 4. The second-order valence-electron chi connectivity index (χ2n) is 5.37. The fourth-order valence-corrected chi connectivity index (χ4v) is 2.36. The maximum atomic E-state index is 12.0. The Bertz CT molecular complexity index is 1040. The largest absolute Gasteiger partial charge is 0.435 e. The Labute approximate surface area is 142 Å². The highest BCUT2D eigenvalue weighted by molar-refractivity contribution is 6.00. The Balaban J connectivity index is 1.53. The van der Waals surface area contributed by atoms with Crippen molar-refractivity contribution in [2.75, 3.05) is 10.6 Å². The maximum Gasteiger partial charge on any atom is 0.324 e. The zero-order valence-electron chi connectivity index (χ0n) is 13.3. The van der Waals surface area contributed by atoms with Crippen LogP contribution in [0.2, 0.25) is 0 Å². The Kier molecular flexibility index (Phi) is 3.62. The van der Waals surface area contributed by atoms with Crippen LogP contribution in [0.15, 0.2) is 59.3 Å². The molecule has 8 heteroatoms. The smallest absolute Gasteiger partial charge is 0.324 e. The third-order valence-electron chi connectivity index (χ3n) is 3.49. The summed E-state index contributed by atoms with van der Waals surface area (Å²) in [7, 11) is 1.78. The number of urea groups is 1. The van der Waals surface area contributed by atoms with Crippen molar-refractivity contribution in [3.8, 4) is 11.6 Å². The van der Waals surface area contributed by atoms with Gasteiger partial charge >= 0.3 is 6.03 Å². The van der Waals surface area contributed by atoms with E-state index in [9.17, 15) is 4.79 Å². The van der Waals surface area contributed by atoms with Gasteiger partial charge < -0.3 is 9.73 Å². The van der Waals surface area contributed by atoms with Crippen molar-refractivity contribution in [2.45, 2.75) is 0 Å². The first kappa shape index (κ1) is 14.9. The van der Waals surface area contributed by atoms with Crippen LogP contribution in [0.3, 0.4) is 0 Å². The number of aromatic nitrogens is 4. The molecule has 0 atom stereocenters.